The molecule has 0 aromatic heterocycles. The fraction of sp³-hybridized carbons (Fsp3) is 0.0526. The zero-order chi connectivity index (χ0) is 15.4. The lowest BCUT2D eigenvalue weighted by atomic mass is 10.1. The molecule has 3 aromatic carbocycles. The molecule has 0 aliphatic carbocycles. The summed E-state index contributed by atoms with van der Waals surface area (Å²) in [5.74, 6) is -0.261. The first kappa shape index (κ1) is 14.1. The van der Waals surface area contributed by atoms with Crippen molar-refractivity contribution in [3.63, 3.8) is 0 Å². The lowest BCUT2D eigenvalue weighted by Gasteiger charge is -2.09. The van der Waals surface area contributed by atoms with Crippen LogP contribution >= 0.6 is 0 Å². The van der Waals surface area contributed by atoms with Crippen LogP contribution in [0.2, 0.25) is 0 Å². The van der Waals surface area contributed by atoms with Gasteiger partial charge in [0.1, 0.15) is 12.4 Å². The topological polar surface area (TPSA) is 29.5 Å². The van der Waals surface area contributed by atoms with Crippen LogP contribution in [0.1, 0.15) is 5.56 Å². The SMILES string of the molecule is Oc1ccc(-c2cccc(OCc3ccccc3)c2)cc1F. The molecule has 0 saturated heterocycles. The minimum atomic E-state index is -0.631. The summed E-state index contributed by atoms with van der Waals surface area (Å²) in [4.78, 5) is 0. The van der Waals surface area contributed by atoms with E-state index in [1.165, 1.54) is 12.1 Å². The van der Waals surface area contributed by atoms with Gasteiger partial charge in [0.05, 0.1) is 0 Å². The molecule has 0 heterocycles. The van der Waals surface area contributed by atoms with Gasteiger partial charge in [-0.1, -0.05) is 48.5 Å². The highest BCUT2D eigenvalue weighted by Crippen LogP contribution is 2.27. The van der Waals surface area contributed by atoms with Crippen molar-refractivity contribution in [2.24, 2.45) is 0 Å². The second-order valence-corrected chi connectivity index (χ2v) is 4.97. The Bertz CT molecular complexity index is 769. The zero-order valence-electron chi connectivity index (χ0n) is 11.9. The molecule has 0 bridgehead atoms. The highest BCUT2D eigenvalue weighted by Gasteiger charge is 2.05. The number of halogens is 1. The number of hydrogen-bond acceptors (Lipinski definition) is 2. The maximum Gasteiger partial charge on any atom is 0.165 e. The highest BCUT2D eigenvalue weighted by molar-refractivity contribution is 5.65. The van der Waals surface area contributed by atoms with Crippen LogP contribution in [0.4, 0.5) is 4.39 Å². The number of ether oxygens (including phenoxy) is 1. The molecular formula is C19H15FO2. The fourth-order valence-corrected chi connectivity index (χ4v) is 2.19. The Labute approximate surface area is 128 Å². The van der Waals surface area contributed by atoms with Crippen molar-refractivity contribution in [3.8, 4) is 22.6 Å². The lowest BCUT2D eigenvalue weighted by molar-refractivity contribution is 0.306. The van der Waals surface area contributed by atoms with Crippen LogP contribution < -0.4 is 4.74 Å². The van der Waals surface area contributed by atoms with E-state index in [2.05, 4.69) is 0 Å². The second kappa shape index (κ2) is 6.31. The van der Waals surface area contributed by atoms with Gasteiger partial charge in [0.25, 0.3) is 0 Å². The Kier molecular flexibility index (Phi) is 4.05. The Balaban J connectivity index is 1.79. The van der Waals surface area contributed by atoms with Gasteiger partial charge in [-0.05, 0) is 41.0 Å². The van der Waals surface area contributed by atoms with Crippen LogP contribution in [0.15, 0.2) is 72.8 Å². The van der Waals surface area contributed by atoms with Crippen molar-refractivity contribution in [2.75, 3.05) is 0 Å². The third-order valence-corrected chi connectivity index (χ3v) is 3.36. The van der Waals surface area contributed by atoms with E-state index in [-0.39, 0.29) is 5.75 Å². The number of aromatic hydroxyl groups is 1. The van der Waals surface area contributed by atoms with Crippen molar-refractivity contribution >= 4 is 0 Å². The molecule has 0 spiro atoms. The van der Waals surface area contributed by atoms with Crippen molar-refractivity contribution < 1.29 is 14.2 Å². The van der Waals surface area contributed by atoms with E-state index in [0.717, 1.165) is 16.9 Å². The molecule has 22 heavy (non-hydrogen) atoms. The van der Waals surface area contributed by atoms with E-state index in [4.69, 9.17) is 4.74 Å². The summed E-state index contributed by atoms with van der Waals surface area (Å²) >= 11 is 0. The van der Waals surface area contributed by atoms with E-state index in [1.807, 2.05) is 54.6 Å². The number of phenols is 1. The molecule has 2 nitrogen and oxygen atoms in total. The van der Waals surface area contributed by atoms with Crippen LogP contribution in [0.3, 0.4) is 0 Å². The Morgan fingerprint density at radius 2 is 1.59 bits per heavy atom. The van der Waals surface area contributed by atoms with Gasteiger partial charge in [-0.3, -0.25) is 0 Å². The van der Waals surface area contributed by atoms with Crippen molar-refractivity contribution in [2.45, 2.75) is 6.61 Å². The molecular weight excluding hydrogens is 279 g/mol. The predicted molar refractivity (Wildman–Crippen MR) is 84.3 cm³/mol. The quantitative estimate of drug-likeness (QED) is 0.750. The molecule has 0 fully saturated rings. The minimum Gasteiger partial charge on any atom is -0.505 e. The Morgan fingerprint density at radius 3 is 2.36 bits per heavy atom. The molecule has 3 rings (SSSR count). The average Bonchev–Trinajstić information content (AvgIpc) is 2.57. The standard InChI is InChI=1S/C19H15FO2/c20-18-12-16(9-10-19(18)21)15-7-4-8-17(11-15)22-13-14-5-2-1-3-6-14/h1-12,21H,13H2. The normalized spacial score (nSPS) is 10.4. The molecule has 3 aromatic rings. The lowest BCUT2D eigenvalue weighted by Crippen LogP contribution is -1.95. The first-order chi connectivity index (χ1) is 10.7. The summed E-state index contributed by atoms with van der Waals surface area (Å²) in [6.07, 6.45) is 0. The first-order valence-corrected chi connectivity index (χ1v) is 6.98. The molecule has 110 valence electrons. The molecule has 0 atom stereocenters. The molecule has 0 aliphatic rings. The van der Waals surface area contributed by atoms with Gasteiger partial charge in [0.2, 0.25) is 0 Å². The van der Waals surface area contributed by atoms with E-state index in [1.54, 1.807) is 6.07 Å². The Morgan fingerprint density at radius 1 is 0.818 bits per heavy atom. The smallest absolute Gasteiger partial charge is 0.165 e. The van der Waals surface area contributed by atoms with Gasteiger partial charge in [0.15, 0.2) is 11.6 Å². The van der Waals surface area contributed by atoms with Crippen molar-refractivity contribution in [3.05, 3.63) is 84.2 Å². The van der Waals surface area contributed by atoms with Crippen molar-refractivity contribution in [1.29, 1.82) is 0 Å². The van der Waals surface area contributed by atoms with E-state index in [9.17, 15) is 9.50 Å². The average molecular weight is 294 g/mol. The molecule has 1 N–H and O–H groups in total. The van der Waals surface area contributed by atoms with E-state index in [0.29, 0.717) is 12.2 Å². The van der Waals surface area contributed by atoms with Gasteiger partial charge < -0.3 is 9.84 Å². The first-order valence-electron chi connectivity index (χ1n) is 6.98. The van der Waals surface area contributed by atoms with Crippen LogP contribution in [0.25, 0.3) is 11.1 Å². The summed E-state index contributed by atoms with van der Waals surface area (Å²) in [6.45, 7) is 0.480. The van der Waals surface area contributed by atoms with Crippen molar-refractivity contribution in [1.82, 2.24) is 0 Å². The zero-order valence-corrected chi connectivity index (χ0v) is 11.9. The maximum absolute atomic E-state index is 13.5. The second-order valence-electron chi connectivity index (χ2n) is 4.97. The van der Waals surface area contributed by atoms with Crippen LogP contribution in [0, 0.1) is 5.82 Å². The molecule has 3 heteroatoms. The third kappa shape index (κ3) is 3.26. The maximum atomic E-state index is 13.5. The number of benzene rings is 3. The summed E-state index contributed by atoms with van der Waals surface area (Å²) in [6, 6.07) is 21.7. The largest absolute Gasteiger partial charge is 0.505 e. The summed E-state index contributed by atoms with van der Waals surface area (Å²) in [7, 11) is 0. The van der Waals surface area contributed by atoms with Gasteiger partial charge in [-0.15, -0.1) is 0 Å². The fourth-order valence-electron chi connectivity index (χ4n) is 2.19. The summed E-state index contributed by atoms with van der Waals surface area (Å²) < 4.78 is 19.2. The van der Waals surface area contributed by atoms with Gasteiger partial charge in [-0.2, -0.15) is 0 Å². The Hall–Kier alpha value is -2.81. The van der Waals surface area contributed by atoms with E-state index < -0.39 is 5.82 Å². The van der Waals surface area contributed by atoms with Gasteiger partial charge >= 0.3 is 0 Å². The number of rotatable bonds is 4. The third-order valence-electron chi connectivity index (χ3n) is 3.36. The number of phenolic OH excluding ortho intramolecular Hbond substituents is 1. The van der Waals surface area contributed by atoms with Crippen LogP contribution in [0.5, 0.6) is 11.5 Å². The number of hydrogen-bond donors (Lipinski definition) is 1. The highest BCUT2D eigenvalue weighted by atomic mass is 19.1. The van der Waals surface area contributed by atoms with Crippen LogP contribution in [-0.2, 0) is 6.61 Å². The summed E-state index contributed by atoms with van der Waals surface area (Å²) in [5.41, 5.74) is 2.62. The summed E-state index contributed by atoms with van der Waals surface area (Å²) in [5, 5.41) is 9.26. The molecule has 0 saturated carbocycles. The van der Waals surface area contributed by atoms with Gasteiger partial charge in [0, 0.05) is 0 Å². The molecule has 0 unspecified atom stereocenters. The molecule has 0 amide bonds. The van der Waals surface area contributed by atoms with E-state index >= 15 is 0 Å². The monoisotopic (exact) mass is 294 g/mol. The minimum absolute atomic E-state index is 0.347. The van der Waals surface area contributed by atoms with Gasteiger partial charge in [-0.25, -0.2) is 4.39 Å². The molecule has 0 aliphatic heterocycles. The molecule has 0 radical (unpaired) electrons. The van der Waals surface area contributed by atoms with Crippen LogP contribution in [-0.4, -0.2) is 5.11 Å². The predicted octanol–water partition coefficient (Wildman–Crippen LogP) is 4.78.